The maximum absolute atomic E-state index is 6.05. The minimum atomic E-state index is 0.0648. The van der Waals surface area contributed by atoms with Gasteiger partial charge in [0.2, 0.25) is 0 Å². The van der Waals surface area contributed by atoms with Crippen molar-refractivity contribution in [3.05, 3.63) is 24.0 Å². The molecule has 0 spiro atoms. The van der Waals surface area contributed by atoms with Gasteiger partial charge in [-0.15, -0.1) is 0 Å². The van der Waals surface area contributed by atoms with Crippen LogP contribution in [0.4, 0.5) is 0 Å². The summed E-state index contributed by atoms with van der Waals surface area (Å²) in [4.78, 5) is 0. The van der Waals surface area contributed by atoms with E-state index in [0.29, 0.717) is 12.0 Å². The second-order valence-electron chi connectivity index (χ2n) is 5.45. The fourth-order valence-electron chi connectivity index (χ4n) is 3.50. The maximum atomic E-state index is 6.05. The Bertz CT molecular complexity index is 384. The van der Waals surface area contributed by atoms with Gasteiger partial charge in [0, 0.05) is 13.2 Å². The van der Waals surface area contributed by atoms with E-state index in [4.69, 9.17) is 4.74 Å². The lowest BCUT2D eigenvalue weighted by Gasteiger charge is -2.27. The first kappa shape index (κ1) is 9.46. The van der Waals surface area contributed by atoms with E-state index in [-0.39, 0.29) is 5.60 Å². The molecule has 82 valence electrons. The van der Waals surface area contributed by atoms with Gasteiger partial charge in [0.25, 0.3) is 0 Å². The Hall–Kier alpha value is -0.760. The van der Waals surface area contributed by atoms with E-state index in [1.165, 1.54) is 18.5 Å². The Morgan fingerprint density at radius 1 is 1.47 bits per heavy atom. The summed E-state index contributed by atoms with van der Waals surface area (Å²) in [6, 6.07) is 4.33. The second kappa shape index (κ2) is 2.88. The van der Waals surface area contributed by atoms with Gasteiger partial charge in [0.15, 0.2) is 0 Å². The zero-order valence-electron chi connectivity index (χ0n) is 9.73. The summed E-state index contributed by atoms with van der Waals surface area (Å²) in [7, 11) is 2.12. The third-order valence-corrected chi connectivity index (χ3v) is 4.06. The van der Waals surface area contributed by atoms with Crippen LogP contribution in [0.5, 0.6) is 0 Å². The van der Waals surface area contributed by atoms with E-state index >= 15 is 0 Å². The highest BCUT2D eigenvalue weighted by atomic mass is 16.6. The molecular weight excluding hydrogens is 186 g/mol. The molecule has 0 radical (unpaired) electrons. The standard InChI is InChI=1S/C13H19NO/c1-9-7-10(2)12-13(8-9,15-12)11-5-4-6-14(11)3/h4-6,9-10,12H,7-8H2,1-3H3/t9-,10+,12-,13+/m1/s1. The van der Waals surface area contributed by atoms with E-state index in [1.807, 2.05) is 0 Å². The number of aryl methyl sites for hydroxylation is 1. The molecule has 4 atom stereocenters. The zero-order chi connectivity index (χ0) is 10.6. The van der Waals surface area contributed by atoms with Gasteiger partial charge >= 0.3 is 0 Å². The smallest absolute Gasteiger partial charge is 0.135 e. The van der Waals surface area contributed by atoms with Crippen molar-refractivity contribution in [2.45, 2.75) is 38.4 Å². The van der Waals surface area contributed by atoms with Gasteiger partial charge < -0.3 is 9.30 Å². The van der Waals surface area contributed by atoms with Gasteiger partial charge in [-0.25, -0.2) is 0 Å². The number of rotatable bonds is 1. The van der Waals surface area contributed by atoms with Crippen LogP contribution >= 0.6 is 0 Å². The highest BCUT2D eigenvalue weighted by Gasteiger charge is 2.63. The minimum Gasteiger partial charge on any atom is -0.359 e. The summed E-state index contributed by atoms with van der Waals surface area (Å²) >= 11 is 0. The summed E-state index contributed by atoms with van der Waals surface area (Å²) in [6.07, 6.45) is 5.10. The quantitative estimate of drug-likeness (QED) is 0.644. The van der Waals surface area contributed by atoms with E-state index in [9.17, 15) is 0 Å². The van der Waals surface area contributed by atoms with Crippen molar-refractivity contribution in [1.82, 2.24) is 4.57 Å². The number of ether oxygens (including phenoxy) is 1. The first-order valence-corrected chi connectivity index (χ1v) is 5.93. The molecular formula is C13H19NO. The molecule has 1 aromatic heterocycles. The van der Waals surface area contributed by atoms with Crippen molar-refractivity contribution in [1.29, 1.82) is 0 Å². The lowest BCUT2D eigenvalue weighted by molar-refractivity contribution is 0.252. The van der Waals surface area contributed by atoms with Crippen molar-refractivity contribution < 1.29 is 4.74 Å². The molecule has 1 saturated heterocycles. The Balaban J connectivity index is 1.97. The van der Waals surface area contributed by atoms with Crippen molar-refractivity contribution in [3.63, 3.8) is 0 Å². The fraction of sp³-hybridized carbons (Fsp3) is 0.692. The van der Waals surface area contributed by atoms with Crippen molar-refractivity contribution in [3.8, 4) is 0 Å². The number of aromatic nitrogens is 1. The van der Waals surface area contributed by atoms with Crippen LogP contribution in [0.1, 0.15) is 32.4 Å². The molecule has 2 fully saturated rings. The van der Waals surface area contributed by atoms with Crippen LogP contribution in [-0.2, 0) is 17.4 Å². The van der Waals surface area contributed by atoms with Gasteiger partial charge in [-0.05, 0) is 36.8 Å². The number of fused-ring (bicyclic) bond motifs is 1. The van der Waals surface area contributed by atoms with Crippen LogP contribution in [0.25, 0.3) is 0 Å². The Kier molecular flexibility index (Phi) is 1.82. The van der Waals surface area contributed by atoms with E-state index < -0.39 is 0 Å². The largest absolute Gasteiger partial charge is 0.359 e. The van der Waals surface area contributed by atoms with Crippen LogP contribution < -0.4 is 0 Å². The molecule has 2 aliphatic rings. The molecule has 1 aliphatic heterocycles. The average Bonchev–Trinajstić information content (AvgIpc) is 2.73. The molecule has 0 aromatic carbocycles. The maximum Gasteiger partial charge on any atom is 0.135 e. The summed E-state index contributed by atoms with van der Waals surface area (Å²) in [5.74, 6) is 1.50. The van der Waals surface area contributed by atoms with Crippen molar-refractivity contribution in [2.75, 3.05) is 0 Å². The zero-order valence-corrected chi connectivity index (χ0v) is 9.73. The van der Waals surface area contributed by atoms with E-state index in [2.05, 4.69) is 43.8 Å². The summed E-state index contributed by atoms with van der Waals surface area (Å²) in [5, 5.41) is 0. The highest BCUT2D eigenvalue weighted by molar-refractivity contribution is 5.26. The lowest BCUT2D eigenvalue weighted by atomic mass is 9.75. The Morgan fingerprint density at radius 3 is 2.93 bits per heavy atom. The van der Waals surface area contributed by atoms with E-state index in [0.717, 1.165) is 5.92 Å². The molecule has 0 N–H and O–H groups in total. The van der Waals surface area contributed by atoms with Gasteiger partial charge in [0.05, 0.1) is 11.8 Å². The first-order valence-electron chi connectivity index (χ1n) is 5.93. The molecule has 2 heteroatoms. The predicted octanol–water partition coefficient (Wildman–Crippen LogP) is 2.69. The summed E-state index contributed by atoms with van der Waals surface area (Å²) < 4.78 is 8.27. The third kappa shape index (κ3) is 1.21. The van der Waals surface area contributed by atoms with Crippen LogP contribution in [0.15, 0.2) is 18.3 Å². The molecule has 1 aliphatic carbocycles. The fourth-order valence-corrected chi connectivity index (χ4v) is 3.50. The SMILES string of the molecule is C[C@@H]1C[C@H](C)[C@H]2O[C@]2(c2cccn2C)C1. The normalized spacial score (nSPS) is 43.8. The molecule has 1 saturated carbocycles. The van der Waals surface area contributed by atoms with E-state index in [1.54, 1.807) is 0 Å². The second-order valence-corrected chi connectivity index (χ2v) is 5.45. The van der Waals surface area contributed by atoms with Crippen LogP contribution in [-0.4, -0.2) is 10.7 Å². The molecule has 0 unspecified atom stereocenters. The number of nitrogens with zero attached hydrogens (tertiary/aromatic N) is 1. The molecule has 1 aromatic rings. The molecule has 2 heterocycles. The van der Waals surface area contributed by atoms with Crippen molar-refractivity contribution >= 4 is 0 Å². The number of hydrogen-bond acceptors (Lipinski definition) is 1. The number of epoxide rings is 1. The Labute approximate surface area is 91.2 Å². The molecule has 0 amide bonds. The molecule has 2 nitrogen and oxygen atoms in total. The average molecular weight is 205 g/mol. The van der Waals surface area contributed by atoms with Crippen LogP contribution in [0, 0.1) is 11.8 Å². The van der Waals surface area contributed by atoms with Crippen LogP contribution in [0.2, 0.25) is 0 Å². The summed E-state index contributed by atoms with van der Waals surface area (Å²) in [5.41, 5.74) is 1.43. The first-order chi connectivity index (χ1) is 7.13. The topological polar surface area (TPSA) is 17.5 Å². The van der Waals surface area contributed by atoms with Crippen molar-refractivity contribution in [2.24, 2.45) is 18.9 Å². The molecule has 0 bridgehead atoms. The highest BCUT2D eigenvalue weighted by Crippen LogP contribution is 2.58. The summed E-state index contributed by atoms with van der Waals surface area (Å²) in [6.45, 7) is 4.67. The third-order valence-electron chi connectivity index (χ3n) is 4.06. The Morgan fingerprint density at radius 2 is 2.27 bits per heavy atom. The molecule has 3 rings (SSSR count). The van der Waals surface area contributed by atoms with Crippen LogP contribution in [0.3, 0.4) is 0 Å². The lowest BCUT2D eigenvalue weighted by Crippen LogP contribution is -2.29. The van der Waals surface area contributed by atoms with Gasteiger partial charge in [-0.3, -0.25) is 0 Å². The molecule has 15 heavy (non-hydrogen) atoms. The van der Waals surface area contributed by atoms with Gasteiger partial charge in [-0.1, -0.05) is 13.8 Å². The number of hydrogen-bond donors (Lipinski definition) is 0. The minimum absolute atomic E-state index is 0.0648. The predicted molar refractivity (Wildman–Crippen MR) is 59.5 cm³/mol. The monoisotopic (exact) mass is 205 g/mol. The van der Waals surface area contributed by atoms with Gasteiger partial charge in [-0.2, -0.15) is 0 Å². The van der Waals surface area contributed by atoms with Gasteiger partial charge in [0.1, 0.15) is 5.60 Å².